The molecule has 2 unspecified atom stereocenters. The minimum Gasteiger partial charge on any atom is -0.234 e. The highest BCUT2D eigenvalue weighted by Gasteiger charge is 2.22. The third-order valence-electron chi connectivity index (χ3n) is 9.66. The Hall–Kier alpha value is -0.140. The van der Waals surface area contributed by atoms with Crippen LogP contribution in [-0.4, -0.2) is 9.97 Å². The van der Waals surface area contributed by atoms with Crippen LogP contribution in [0.3, 0.4) is 0 Å². The lowest BCUT2D eigenvalue weighted by molar-refractivity contribution is 0.412. The van der Waals surface area contributed by atoms with Gasteiger partial charge in [0.15, 0.2) is 0 Å². The summed E-state index contributed by atoms with van der Waals surface area (Å²) in [6.07, 6.45) is 24.2. The Morgan fingerprint density at radius 3 is 1.29 bits per heavy atom. The summed E-state index contributed by atoms with van der Waals surface area (Å²) in [6, 6.07) is 9.42. The maximum atomic E-state index is 5.28. The van der Waals surface area contributed by atoms with Crippen molar-refractivity contribution in [3.05, 3.63) is 41.2 Å². The highest BCUT2D eigenvalue weighted by molar-refractivity contribution is 14.1. The molecular formula is C40H54I2N2S4. The first kappa shape index (κ1) is 39.1. The van der Waals surface area contributed by atoms with Gasteiger partial charge in [-0.05, 0) is 94.1 Å². The van der Waals surface area contributed by atoms with Crippen LogP contribution in [-0.2, 0) is 12.8 Å². The molecule has 0 fully saturated rings. The quantitative estimate of drug-likeness (QED) is 0.0510. The van der Waals surface area contributed by atoms with Crippen molar-refractivity contribution in [3.63, 3.8) is 0 Å². The molecule has 0 saturated heterocycles. The molecule has 5 aromatic rings. The van der Waals surface area contributed by atoms with E-state index >= 15 is 0 Å². The van der Waals surface area contributed by atoms with Crippen molar-refractivity contribution in [1.82, 2.24) is 9.97 Å². The van der Waals surface area contributed by atoms with Crippen molar-refractivity contribution in [2.24, 2.45) is 11.8 Å². The number of thiophene rings is 2. The molecule has 0 spiro atoms. The summed E-state index contributed by atoms with van der Waals surface area (Å²) in [4.78, 5) is 16.3. The lowest BCUT2D eigenvalue weighted by atomic mass is 9.92. The van der Waals surface area contributed by atoms with E-state index in [1.54, 1.807) is 0 Å². The van der Waals surface area contributed by atoms with Gasteiger partial charge in [0.05, 0.1) is 37.3 Å². The van der Waals surface area contributed by atoms with Gasteiger partial charge in [-0.2, -0.15) is 0 Å². The maximum Gasteiger partial charge on any atom is 0.134 e. The number of unbranched alkanes of at least 4 members (excludes halogenated alkanes) is 8. The predicted octanol–water partition coefficient (Wildman–Crippen LogP) is 16.2. The van der Waals surface area contributed by atoms with Gasteiger partial charge in [-0.3, -0.25) is 0 Å². The first-order valence-corrected chi connectivity index (χ1v) is 24.1. The van der Waals surface area contributed by atoms with Crippen LogP contribution in [0.1, 0.15) is 140 Å². The van der Waals surface area contributed by atoms with E-state index < -0.39 is 0 Å². The number of hydrogen-bond acceptors (Lipinski definition) is 6. The Balaban J connectivity index is 1.32. The largest absolute Gasteiger partial charge is 0.234 e. The van der Waals surface area contributed by atoms with Crippen molar-refractivity contribution in [2.45, 2.75) is 143 Å². The Kier molecular flexibility index (Phi) is 16.4. The monoisotopic (exact) mass is 944 g/mol. The zero-order valence-electron chi connectivity index (χ0n) is 29.5. The van der Waals surface area contributed by atoms with E-state index in [1.165, 1.54) is 162 Å². The van der Waals surface area contributed by atoms with Gasteiger partial charge in [0, 0.05) is 9.75 Å². The topological polar surface area (TPSA) is 25.8 Å². The third-order valence-corrected chi connectivity index (χ3v) is 17.2. The molecule has 0 bridgehead atoms. The average molecular weight is 945 g/mol. The molecule has 48 heavy (non-hydrogen) atoms. The normalized spacial score (nSPS) is 13.3. The van der Waals surface area contributed by atoms with E-state index in [0.717, 1.165) is 22.9 Å². The Morgan fingerprint density at radius 1 is 0.500 bits per heavy atom. The number of rotatable bonds is 22. The summed E-state index contributed by atoms with van der Waals surface area (Å²) in [5.41, 5.74) is 2.31. The summed E-state index contributed by atoms with van der Waals surface area (Å²) in [6.45, 7) is 9.27. The van der Waals surface area contributed by atoms with Crippen LogP contribution >= 0.6 is 90.5 Å². The van der Waals surface area contributed by atoms with Crippen molar-refractivity contribution in [2.75, 3.05) is 0 Å². The van der Waals surface area contributed by atoms with Crippen LogP contribution in [0, 0.1) is 19.0 Å². The Morgan fingerprint density at radius 2 is 0.896 bits per heavy atom. The summed E-state index contributed by atoms with van der Waals surface area (Å²) in [5.74, 6) is 1.63. The van der Waals surface area contributed by atoms with Gasteiger partial charge in [0.25, 0.3) is 0 Å². The number of hydrogen-bond donors (Lipinski definition) is 0. The molecule has 0 radical (unpaired) electrons. The summed E-state index contributed by atoms with van der Waals surface area (Å²) in [5, 5.41) is 2.33. The van der Waals surface area contributed by atoms with E-state index in [1.807, 2.05) is 45.3 Å². The SMILES string of the molecule is CCCCCCC(CCCC)Cc1ccc(-c2nc3c(I)c4sc(-c5ccc(CC(CCCC)CCCCCC)s5)nc4c(I)c3s2)s1. The van der Waals surface area contributed by atoms with Crippen LogP contribution in [0.25, 0.3) is 40.2 Å². The highest BCUT2D eigenvalue weighted by atomic mass is 127. The van der Waals surface area contributed by atoms with Crippen molar-refractivity contribution >= 4 is 111 Å². The predicted molar refractivity (Wildman–Crippen MR) is 236 cm³/mol. The number of aromatic nitrogens is 2. The number of benzene rings is 1. The Bertz CT molecular complexity index is 1520. The van der Waals surface area contributed by atoms with Crippen molar-refractivity contribution < 1.29 is 0 Å². The minimum absolute atomic E-state index is 0.815. The second-order valence-electron chi connectivity index (χ2n) is 13.7. The molecular weight excluding hydrogens is 891 g/mol. The van der Waals surface area contributed by atoms with Gasteiger partial charge in [-0.15, -0.1) is 45.3 Å². The van der Waals surface area contributed by atoms with Crippen LogP contribution in [0.2, 0.25) is 0 Å². The molecule has 4 aromatic heterocycles. The van der Waals surface area contributed by atoms with Gasteiger partial charge in [0.2, 0.25) is 0 Å². The van der Waals surface area contributed by atoms with Gasteiger partial charge < -0.3 is 0 Å². The average Bonchev–Trinajstić information content (AvgIpc) is 3.91. The van der Waals surface area contributed by atoms with Gasteiger partial charge >= 0.3 is 0 Å². The molecule has 2 atom stereocenters. The summed E-state index contributed by atoms with van der Waals surface area (Å²) in [7, 11) is 0. The molecule has 0 aliphatic carbocycles. The van der Waals surface area contributed by atoms with E-state index in [0.29, 0.717) is 0 Å². The molecule has 4 heterocycles. The molecule has 0 aliphatic heterocycles. The van der Waals surface area contributed by atoms with Gasteiger partial charge in [-0.25, -0.2) is 9.97 Å². The molecule has 5 rings (SSSR count). The Labute approximate surface area is 333 Å². The fourth-order valence-corrected chi connectivity index (χ4v) is 13.5. The number of nitrogens with zero attached hydrogens (tertiary/aromatic N) is 2. The second-order valence-corrected chi connectivity index (χ2v) is 20.2. The van der Waals surface area contributed by atoms with Crippen LogP contribution < -0.4 is 0 Å². The van der Waals surface area contributed by atoms with Crippen molar-refractivity contribution in [3.8, 4) is 19.8 Å². The van der Waals surface area contributed by atoms with Gasteiger partial charge in [-0.1, -0.05) is 130 Å². The number of fused-ring (bicyclic) bond motifs is 2. The second kappa shape index (κ2) is 20.2. The fraction of sp³-hybridized carbons (Fsp3) is 0.600. The first-order valence-electron chi connectivity index (χ1n) is 18.7. The van der Waals surface area contributed by atoms with Gasteiger partial charge in [0.1, 0.15) is 10.0 Å². The standard InChI is InChI=1S/C40H54I2N2S4/c1-5-9-13-15-19-27(17-11-7-3)25-29-21-23-31(45-29)39-43-35-33(41)38-36(34(42)37(35)47-39)44-40(48-38)32-24-22-30(46-32)26-28(18-12-8-4)20-16-14-10-6-2/h21-24,27-28H,5-20,25-26H2,1-4H3. The fourth-order valence-electron chi connectivity index (χ4n) is 6.84. The first-order chi connectivity index (χ1) is 23.4. The molecule has 0 N–H and O–H groups in total. The van der Waals surface area contributed by atoms with Crippen LogP contribution in [0.5, 0.6) is 0 Å². The molecule has 1 aromatic carbocycles. The smallest absolute Gasteiger partial charge is 0.134 e. The highest BCUT2D eigenvalue weighted by Crippen LogP contribution is 2.45. The third kappa shape index (κ3) is 10.5. The maximum absolute atomic E-state index is 5.28. The van der Waals surface area contributed by atoms with E-state index in [9.17, 15) is 0 Å². The van der Waals surface area contributed by atoms with Crippen LogP contribution in [0.4, 0.5) is 0 Å². The molecule has 0 amide bonds. The summed E-state index contributed by atoms with van der Waals surface area (Å²) >= 11 is 12.7. The van der Waals surface area contributed by atoms with Crippen LogP contribution in [0.15, 0.2) is 24.3 Å². The minimum atomic E-state index is 0.815. The molecule has 2 nitrogen and oxygen atoms in total. The van der Waals surface area contributed by atoms with E-state index in [4.69, 9.17) is 9.97 Å². The summed E-state index contributed by atoms with van der Waals surface area (Å²) < 4.78 is 5.10. The molecule has 0 aliphatic rings. The van der Waals surface area contributed by atoms with E-state index in [-0.39, 0.29) is 0 Å². The number of thiazole rings is 2. The van der Waals surface area contributed by atoms with E-state index in [2.05, 4.69) is 97.1 Å². The zero-order valence-corrected chi connectivity index (χ0v) is 37.1. The molecule has 262 valence electrons. The lowest BCUT2D eigenvalue weighted by Crippen LogP contribution is -2.04. The number of halogens is 2. The van der Waals surface area contributed by atoms with Crippen molar-refractivity contribution in [1.29, 1.82) is 0 Å². The molecule has 8 heteroatoms. The zero-order chi connectivity index (χ0) is 33.9. The molecule has 0 saturated carbocycles. The lowest BCUT2D eigenvalue weighted by Gasteiger charge is -2.15.